The Hall–Kier alpha value is -8.92. The fraction of sp³-hybridized carbons (Fsp3) is 0.135. The van der Waals surface area contributed by atoms with Gasteiger partial charge in [0.2, 0.25) is 0 Å². The molecule has 0 amide bonds. The number of nitrogens with zero attached hydrogens (tertiary/aromatic N) is 2. The molecule has 10 aromatic rings. The van der Waals surface area contributed by atoms with Gasteiger partial charge in [-0.3, -0.25) is 0 Å². The predicted molar refractivity (Wildman–Crippen MR) is 327 cm³/mol. The summed E-state index contributed by atoms with van der Waals surface area (Å²) >= 11 is 0. The highest BCUT2D eigenvalue weighted by atomic mass is 16.3. The van der Waals surface area contributed by atoms with Crippen molar-refractivity contribution < 1.29 is 5.11 Å². The van der Waals surface area contributed by atoms with E-state index in [-0.39, 0.29) is 0 Å². The van der Waals surface area contributed by atoms with E-state index in [1.165, 1.54) is 83.6 Å². The lowest BCUT2D eigenvalue weighted by atomic mass is 9.70. The smallest absolute Gasteiger partial charge is 0.123 e. The predicted octanol–water partition coefficient (Wildman–Crippen LogP) is 19.8. The molecule has 0 fully saturated rings. The molecular formula is C74H64N2O. The minimum absolute atomic E-state index is 0.350. The molecule has 3 heteroatoms. The van der Waals surface area contributed by atoms with E-state index in [0.717, 1.165) is 67.4 Å². The zero-order valence-electron chi connectivity index (χ0n) is 45.6. The number of fused-ring (bicyclic) bond motifs is 10. The number of rotatable bonds is 10. The van der Waals surface area contributed by atoms with Gasteiger partial charge in [-0.2, -0.15) is 0 Å². The van der Waals surface area contributed by atoms with Gasteiger partial charge in [-0.15, -0.1) is 0 Å². The Balaban J connectivity index is 0.891. The number of anilines is 6. The zero-order valence-corrected chi connectivity index (χ0v) is 45.6. The molecule has 12 rings (SSSR count). The summed E-state index contributed by atoms with van der Waals surface area (Å²) in [6, 6.07) is 71.2. The van der Waals surface area contributed by atoms with E-state index >= 15 is 0 Å². The normalized spacial score (nSPS) is 14.0. The molecule has 2 aliphatic rings. The Morgan fingerprint density at radius 1 is 0.286 bits per heavy atom. The van der Waals surface area contributed by atoms with Crippen LogP contribution in [0.2, 0.25) is 0 Å². The molecule has 0 aromatic heterocycles. The molecule has 0 saturated carbocycles. The molecule has 77 heavy (non-hydrogen) atoms. The van der Waals surface area contributed by atoms with Gasteiger partial charge in [-0.05, 0) is 234 Å². The fourth-order valence-corrected chi connectivity index (χ4v) is 12.7. The van der Waals surface area contributed by atoms with Crippen molar-refractivity contribution in [3.8, 4) is 28.0 Å². The van der Waals surface area contributed by atoms with Gasteiger partial charge in [-0.1, -0.05) is 158 Å². The van der Waals surface area contributed by atoms with Crippen LogP contribution in [-0.4, -0.2) is 5.11 Å². The van der Waals surface area contributed by atoms with E-state index in [4.69, 9.17) is 0 Å². The van der Waals surface area contributed by atoms with Crippen LogP contribution in [0.25, 0.3) is 46.6 Å². The van der Waals surface area contributed by atoms with Crippen molar-refractivity contribution in [3.63, 3.8) is 0 Å². The second-order valence-electron chi connectivity index (χ2n) is 21.3. The molecule has 376 valence electrons. The van der Waals surface area contributed by atoms with Crippen LogP contribution < -0.4 is 9.80 Å². The number of phenols is 1. The van der Waals surface area contributed by atoms with Crippen molar-refractivity contribution >= 4 is 58.4 Å². The number of hydrogen-bond donors (Lipinski definition) is 1. The molecule has 10 aromatic carbocycles. The molecule has 2 aliphatic carbocycles. The summed E-state index contributed by atoms with van der Waals surface area (Å²) in [5.74, 6) is 0.350. The minimum Gasteiger partial charge on any atom is -0.507 e. The van der Waals surface area contributed by atoms with Crippen LogP contribution >= 0.6 is 0 Å². The Morgan fingerprint density at radius 3 is 1.03 bits per heavy atom. The number of benzene rings is 10. The molecule has 0 heterocycles. The van der Waals surface area contributed by atoms with Crippen molar-refractivity contribution in [2.24, 2.45) is 0 Å². The quantitative estimate of drug-likeness (QED) is 0.138. The van der Waals surface area contributed by atoms with Gasteiger partial charge in [0.1, 0.15) is 5.75 Å². The first-order valence-electron chi connectivity index (χ1n) is 27.0. The fourth-order valence-electron chi connectivity index (χ4n) is 12.7. The van der Waals surface area contributed by atoms with Crippen molar-refractivity contribution in [2.75, 3.05) is 9.80 Å². The lowest BCUT2D eigenvalue weighted by molar-refractivity contribution is 0.466. The van der Waals surface area contributed by atoms with E-state index in [1.54, 1.807) is 0 Å². The number of aromatic hydroxyl groups is 1. The van der Waals surface area contributed by atoms with E-state index in [9.17, 15) is 5.11 Å². The molecule has 3 nitrogen and oxygen atoms in total. The van der Waals surface area contributed by atoms with E-state index < -0.39 is 5.41 Å². The maximum absolute atomic E-state index is 11.3. The van der Waals surface area contributed by atoms with E-state index in [1.807, 2.05) is 19.9 Å². The first-order chi connectivity index (χ1) is 37.4. The van der Waals surface area contributed by atoms with E-state index in [0.29, 0.717) is 5.75 Å². The van der Waals surface area contributed by atoms with Crippen LogP contribution in [0.5, 0.6) is 5.75 Å². The van der Waals surface area contributed by atoms with Crippen LogP contribution in [0.15, 0.2) is 194 Å². The third kappa shape index (κ3) is 7.95. The van der Waals surface area contributed by atoms with Gasteiger partial charge in [0.15, 0.2) is 0 Å². The summed E-state index contributed by atoms with van der Waals surface area (Å²) in [5, 5.41) is 11.3. The number of phenolic OH excluding ortho intramolecular Hbond substituents is 1. The average Bonchev–Trinajstić information content (AvgIpc) is 3.60. The SMILES string of the molecule is Cc1c(C)c(C)c(N(c2ccccc2)c2ccc(/C=C/c3ccc4c(c3)C3(c5ccccc5-4)c4ccccc4-c4ccc(/C=C/c5ccc(N(c6ccccc6)c6c(C)c(C)c(C)c(O)c6C)cc5)cc43)cc2)c(C)c1C. The molecule has 0 saturated heterocycles. The summed E-state index contributed by atoms with van der Waals surface area (Å²) in [5.41, 5.74) is 31.9. The maximum atomic E-state index is 11.3. The van der Waals surface area contributed by atoms with Crippen LogP contribution in [0, 0.1) is 62.3 Å². The Labute approximate surface area is 455 Å². The first-order valence-corrected chi connectivity index (χ1v) is 27.0. The standard InChI is InChI=1S/C74H64N2O/c1-46-47(2)50(5)71(51(6)48(46)3)75(59-20-12-10-13-21-59)61-38-32-55(33-39-61)28-30-57-36-42-65-63-24-16-18-26-67(63)74(69(65)44-57)68-27-19-17-25-64(68)66-43-37-58(45-70(66)74)31-29-56-34-40-62(41-35-56)76(60-22-14-11-15-23-60)72-52(7)49(4)53(8)73(77)54(72)9/h10-45,77H,1-9H3/b30-28+,31-29+. The van der Waals surface area contributed by atoms with Crippen LogP contribution in [0.1, 0.15) is 94.6 Å². The summed E-state index contributed by atoms with van der Waals surface area (Å²) in [6.07, 6.45) is 9.02. The topological polar surface area (TPSA) is 26.7 Å². The minimum atomic E-state index is -0.487. The van der Waals surface area contributed by atoms with Crippen molar-refractivity contribution in [2.45, 2.75) is 67.7 Å². The molecule has 1 atom stereocenters. The number of para-hydroxylation sites is 2. The highest BCUT2D eigenvalue weighted by molar-refractivity contribution is 5.96. The lowest BCUT2D eigenvalue weighted by Crippen LogP contribution is -2.26. The molecule has 1 N–H and O–H groups in total. The molecule has 0 bridgehead atoms. The van der Waals surface area contributed by atoms with Gasteiger partial charge >= 0.3 is 0 Å². The Bertz CT molecular complexity index is 3690. The van der Waals surface area contributed by atoms with Crippen LogP contribution in [0.3, 0.4) is 0 Å². The van der Waals surface area contributed by atoms with Crippen molar-refractivity contribution in [1.29, 1.82) is 0 Å². The first kappa shape index (κ1) is 49.0. The van der Waals surface area contributed by atoms with Crippen LogP contribution in [0.4, 0.5) is 34.1 Å². The third-order valence-corrected chi connectivity index (χ3v) is 17.4. The summed E-state index contributed by atoms with van der Waals surface area (Å²) in [6.45, 7) is 19.5. The molecule has 1 spiro atoms. The Kier molecular flexibility index (Phi) is 12.3. The maximum Gasteiger partial charge on any atom is 0.123 e. The highest BCUT2D eigenvalue weighted by Gasteiger charge is 2.51. The van der Waals surface area contributed by atoms with Crippen LogP contribution in [-0.2, 0) is 5.41 Å². The van der Waals surface area contributed by atoms with E-state index in [2.05, 4.69) is 271 Å². The van der Waals surface area contributed by atoms with Crippen molar-refractivity contribution in [1.82, 2.24) is 0 Å². The second-order valence-corrected chi connectivity index (χ2v) is 21.3. The Morgan fingerprint density at radius 2 is 0.597 bits per heavy atom. The summed E-state index contributed by atoms with van der Waals surface area (Å²) in [7, 11) is 0. The van der Waals surface area contributed by atoms with Gasteiger partial charge < -0.3 is 14.9 Å². The molecule has 0 radical (unpaired) electrons. The zero-order chi connectivity index (χ0) is 53.3. The number of hydrogen-bond acceptors (Lipinski definition) is 3. The largest absolute Gasteiger partial charge is 0.507 e. The molecule has 1 unspecified atom stereocenters. The monoisotopic (exact) mass is 997 g/mol. The van der Waals surface area contributed by atoms with Gasteiger partial charge in [0.05, 0.1) is 16.8 Å². The summed E-state index contributed by atoms with van der Waals surface area (Å²) < 4.78 is 0. The lowest BCUT2D eigenvalue weighted by Gasteiger charge is -2.31. The summed E-state index contributed by atoms with van der Waals surface area (Å²) in [4.78, 5) is 4.70. The van der Waals surface area contributed by atoms with Crippen molar-refractivity contribution in [3.05, 3.63) is 289 Å². The molecular weight excluding hydrogens is 933 g/mol. The second kappa shape index (κ2) is 19.3. The average molecular weight is 997 g/mol. The van der Waals surface area contributed by atoms with Gasteiger partial charge in [0.25, 0.3) is 0 Å². The highest BCUT2D eigenvalue weighted by Crippen LogP contribution is 2.63. The van der Waals surface area contributed by atoms with Gasteiger partial charge in [-0.25, -0.2) is 0 Å². The van der Waals surface area contributed by atoms with Gasteiger partial charge in [0, 0.05) is 28.3 Å². The molecule has 0 aliphatic heterocycles. The third-order valence-electron chi connectivity index (χ3n) is 17.4.